The molecule has 1 heterocycles. The molecular formula is C18H26N2O3. The SMILES string of the molecule is COc1ccc(OC)c(C(=O)N2CCC(NCC3CC3)CC2)c1. The summed E-state index contributed by atoms with van der Waals surface area (Å²) in [6, 6.07) is 5.91. The standard InChI is InChI=1S/C18H26N2O3/c1-22-15-5-6-17(23-2)16(11-15)18(21)20-9-7-14(8-10-20)19-12-13-3-4-13/h5-6,11,13-14,19H,3-4,7-10,12H2,1-2H3. The number of carbonyl (C=O) groups excluding carboxylic acids is 1. The minimum Gasteiger partial charge on any atom is -0.497 e. The average Bonchev–Trinajstić information content (AvgIpc) is 3.43. The normalized spacial score (nSPS) is 18.8. The second-order valence-corrected chi connectivity index (χ2v) is 6.48. The van der Waals surface area contributed by atoms with Gasteiger partial charge in [0.25, 0.3) is 5.91 Å². The first-order valence-corrected chi connectivity index (χ1v) is 8.46. The lowest BCUT2D eigenvalue weighted by molar-refractivity contribution is 0.0701. The van der Waals surface area contributed by atoms with Crippen LogP contribution in [0.2, 0.25) is 0 Å². The van der Waals surface area contributed by atoms with Gasteiger partial charge in [-0.3, -0.25) is 4.79 Å². The Morgan fingerprint density at radius 3 is 2.52 bits per heavy atom. The topological polar surface area (TPSA) is 50.8 Å². The molecule has 5 heteroatoms. The Hall–Kier alpha value is -1.75. The number of nitrogens with one attached hydrogen (secondary N) is 1. The van der Waals surface area contributed by atoms with E-state index in [1.807, 2.05) is 11.0 Å². The summed E-state index contributed by atoms with van der Waals surface area (Å²) in [7, 11) is 3.19. The summed E-state index contributed by atoms with van der Waals surface area (Å²) < 4.78 is 10.6. The molecule has 0 aromatic heterocycles. The van der Waals surface area contributed by atoms with E-state index < -0.39 is 0 Å². The van der Waals surface area contributed by atoms with Crippen molar-refractivity contribution in [3.8, 4) is 11.5 Å². The van der Waals surface area contributed by atoms with Crippen LogP contribution in [-0.2, 0) is 0 Å². The first kappa shape index (κ1) is 16.1. The highest BCUT2D eigenvalue weighted by Gasteiger charge is 2.27. The Bertz CT molecular complexity index is 549. The van der Waals surface area contributed by atoms with Gasteiger partial charge in [-0.2, -0.15) is 0 Å². The van der Waals surface area contributed by atoms with Gasteiger partial charge in [0.05, 0.1) is 19.8 Å². The fourth-order valence-electron chi connectivity index (χ4n) is 3.09. The van der Waals surface area contributed by atoms with Crippen LogP contribution in [0.1, 0.15) is 36.0 Å². The number of rotatable bonds is 6. The minimum absolute atomic E-state index is 0.0291. The van der Waals surface area contributed by atoms with Crippen LogP contribution in [0, 0.1) is 5.92 Å². The Balaban J connectivity index is 1.60. The van der Waals surface area contributed by atoms with Gasteiger partial charge in [-0.1, -0.05) is 0 Å². The van der Waals surface area contributed by atoms with Gasteiger partial charge < -0.3 is 19.7 Å². The van der Waals surface area contributed by atoms with Gasteiger partial charge in [0.1, 0.15) is 11.5 Å². The van der Waals surface area contributed by atoms with Crippen molar-refractivity contribution < 1.29 is 14.3 Å². The monoisotopic (exact) mass is 318 g/mol. The van der Waals surface area contributed by atoms with Crippen molar-refractivity contribution in [1.29, 1.82) is 0 Å². The maximum Gasteiger partial charge on any atom is 0.257 e. The molecule has 1 saturated carbocycles. The van der Waals surface area contributed by atoms with Crippen LogP contribution in [0.5, 0.6) is 11.5 Å². The molecule has 2 fully saturated rings. The van der Waals surface area contributed by atoms with Gasteiger partial charge in [-0.15, -0.1) is 0 Å². The number of methoxy groups -OCH3 is 2. The molecule has 1 saturated heterocycles. The zero-order valence-electron chi connectivity index (χ0n) is 14.0. The maximum absolute atomic E-state index is 12.8. The van der Waals surface area contributed by atoms with E-state index in [0.717, 1.165) is 38.4 Å². The zero-order valence-corrected chi connectivity index (χ0v) is 14.0. The molecule has 1 N–H and O–H groups in total. The predicted molar refractivity (Wildman–Crippen MR) is 89.2 cm³/mol. The minimum atomic E-state index is 0.0291. The smallest absolute Gasteiger partial charge is 0.257 e. The maximum atomic E-state index is 12.8. The number of amides is 1. The first-order valence-electron chi connectivity index (χ1n) is 8.46. The molecule has 1 aliphatic heterocycles. The quantitative estimate of drug-likeness (QED) is 0.874. The first-order chi connectivity index (χ1) is 11.2. The van der Waals surface area contributed by atoms with E-state index in [0.29, 0.717) is 23.1 Å². The van der Waals surface area contributed by atoms with Crippen molar-refractivity contribution in [2.45, 2.75) is 31.7 Å². The highest BCUT2D eigenvalue weighted by Crippen LogP contribution is 2.29. The predicted octanol–water partition coefficient (Wildman–Crippen LogP) is 2.31. The van der Waals surface area contributed by atoms with Crippen LogP contribution >= 0.6 is 0 Å². The van der Waals surface area contributed by atoms with Crippen LogP contribution < -0.4 is 14.8 Å². The summed E-state index contributed by atoms with van der Waals surface area (Å²) in [6.07, 6.45) is 4.79. The molecule has 2 aliphatic rings. The van der Waals surface area contributed by atoms with Crippen molar-refractivity contribution in [1.82, 2.24) is 10.2 Å². The summed E-state index contributed by atoms with van der Waals surface area (Å²) in [4.78, 5) is 14.7. The summed E-state index contributed by atoms with van der Waals surface area (Å²) in [5, 5.41) is 3.64. The number of nitrogens with zero attached hydrogens (tertiary/aromatic N) is 1. The Kier molecular flexibility index (Phi) is 5.06. The van der Waals surface area contributed by atoms with Crippen LogP contribution in [0.15, 0.2) is 18.2 Å². The van der Waals surface area contributed by atoms with E-state index in [1.165, 1.54) is 12.8 Å². The van der Waals surface area contributed by atoms with Crippen LogP contribution in [-0.4, -0.2) is 50.7 Å². The van der Waals surface area contributed by atoms with Gasteiger partial charge in [0.15, 0.2) is 0 Å². The van der Waals surface area contributed by atoms with Gasteiger partial charge in [-0.25, -0.2) is 0 Å². The van der Waals surface area contributed by atoms with E-state index in [4.69, 9.17) is 9.47 Å². The fraction of sp³-hybridized carbons (Fsp3) is 0.611. The third-order valence-electron chi connectivity index (χ3n) is 4.81. The Morgan fingerprint density at radius 2 is 1.91 bits per heavy atom. The Morgan fingerprint density at radius 1 is 1.17 bits per heavy atom. The number of ether oxygens (including phenoxy) is 2. The number of hydrogen-bond acceptors (Lipinski definition) is 4. The molecule has 1 aromatic carbocycles. The van der Waals surface area contributed by atoms with Crippen molar-refractivity contribution in [3.05, 3.63) is 23.8 Å². The second-order valence-electron chi connectivity index (χ2n) is 6.48. The number of piperidine rings is 1. The van der Waals surface area contributed by atoms with Crippen LogP contribution in [0.4, 0.5) is 0 Å². The van der Waals surface area contributed by atoms with Gasteiger partial charge in [0.2, 0.25) is 0 Å². The van der Waals surface area contributed by atoms with E-state index in [-0.39, 0.29) is 5.91 Å². The van der Waals surface area contributed by atoms with Gasteiger partial charge in [0, 0.05) is 19.1 Å². The zero-order chi connectivity index (χ0) is 16.2. The molecule has 1 aromatic rings. The van der Waals surface area contributed by atoms with Crippen molar-refractivity contribution in [2.75, 3.05) is 33.9 Å². The highest BCUT2D eigenvalue weighted by molar-refractivity contribution is 5.97. The third-order valence-corrected chi connectivity index (χ3v) is 4.81. The van der Waals surface area contributed by atoms with E-state index in [9.17, 15) is 4.79 Å². The Labute approximate surface area is 137 Å². The molecule has 3 rings (SSSR count). The van der Waals surface area contributed by atoms with Crippen molar-refractivity contribution in [2.24, 2.45) is 5.92 Å². The largest absolute Gasteiger partial charge is 0.497 e. The lowest BCUT2D eigenvalue weighted by atomic mass is 10.0. The summed E-state index contributed by atoms with van der Waals surface area (Å²) in [5.74, 6) is 2.21. The molecule has 1 amide bonds. The summed E-state index contributed by atoms with van der Waals surface area (Å²) in [6.45, 7) is 2.73. The third kappa shape index (κ3) is 3.96. The van der Waals surface area contributed by atoms with Crippen molar-refractivity contribution in [3.63, 3.8) is 0 Å². The molecule has 0 unspecified atom stereocenters. The molecule has 0 spiro atoms. The average molecular weight is 318 g/mol. The second kappa shape index (κ2) is 7.21. The van der Waals surface area contributed by atoms with E-state index in [2.05, 4.69) is 5.32 Å². The number of hydrogen-bond donors (Lipinski definition) is 1. The lowest BCUT2D eigenvalue weighted by Gasteiger charge is -2.33. The molecule has 5 nitrogen and oxygen atoms in total. The molecule has 0 atom stereocenters. The molecule has 1 aliphatic carbocycles. The molecule has 0 bridgehead atoms. The number of benzene rings is 1. The molecule has 126 valence electrons. The lowest BCUT2D eigenvalue weighted by Crippen LogP contribution is -2.45. The number of carbonyl (C=O) groups is 1. The molecule has 23 heavy (non-hydrogen) atoms. The van der Waals surface area contributed by atoms with Crippen LogP contribution in [0.25, 0.3) is 0 Å². The molecular weight excluding hydrogens is 292 g/mol. The van der Waals surface area contributed by atoms with Gasteiger partial charge >= 0.3 is 0 Å². The van der Waals surface area contributed by atoms with E-state index in [1.54, 1.807) is 26.4 Å². The van der Waals surface area contributed by atoms with E-state index >= 15 is 0 Å². The number of likely N-dealkylation sites (tertiary alicyclic amines) is 1. The van der Waals surface area contributed by atoms with Gasteiger partial charge in [-0.05, 0) is 56.3 Å². The molecule has 0 radical (unpaired) electrons. The highest BCUT2D eigenvalue weighted by atomic mass is 16.5. The van der Waals surface area contributed by atoms with Crippen LogP contribution in [0.3, 0.4) is 0 Å². The summed E-state index contributed by atoms with van der Waals surface area (Å²) >= 11 is 0. The fourth-order valence-corrected chi connectivity index (χ4v) is 3.09. The van der Waals surface area contributed by atoms with Crippen molar-refractivity contribution >= 4 is 5.91 Å². The summed E-state index contributed by atoms with van der Waals surface area (Å²) in [5.41, 5.74) is 0.580.